The van der Waals surface area contributed by atoms with Crippen LogP contribution < -0.4 is 21.1 Å². The van der Waals surface area contributed by atoms with E-state index in [0.717, 1.165) is 35.0 Å². The van der Waals surface area contributed by atoms with Gasteiger partial charge in [-0.05, 0) is 38.8 Å². The van der Waals surface area contributed by atoms with Crippen LogP contribution in [0.3, 0.4) is 0 Å². The topological polar surface area (TPSA) is 111 Å². The number of morpholine rings is 1. The minimum atomic E-state index is -0.472. The summed E-state index contributed by atoms with van der Waals surface area (Å²) in [6, 6.07) is 5.38. The molecular formula is C27H32N6O4. The molecule has 2 aromatic rings. The molecule has 0 aromatic carbocycles. The Balaban J connectivity index is 1.35. The zero-order chi connectivity index (χ0) is 25.6. The molecule has 2 atom stereocenters. The van der Waals surface area contributed by atoms with Crippen LogP contribution in [-0.4, -0.2) is 65.6 Å². The van der Waals surface area contributed by atoms with Crippen molar-refractivity contribution in [2.75, 3.05) is 37.9 Å². The summed E-state index contributed by atoms with van der Waals surface area (Å²) in [5.74, 6) is 1.63. The number of carbonyl (C=O) groups is 1. The third kappa shape index (κ3) is 4.44. The van der Waals surface area contributed by atoms with Crippen molar-refractivity contribution >= 4 is 11.8 Å². The van der Waals surface area contributed by atoms with E-state index in [4.69, 9.17) is 19.4 Å². The number of hydrogen-bond acceptors (Lipinski definition) is 7. The Labute approximate surface area is 215 Å². The van der Waals surface area contributed by atoms with Gasteiger partial charge in [-0.1, -0.05) is 18.2 Å². The number of urea groups is 1. The van der Waals surface area contributed by atoms with Gasteiger partial charge in [0.2, 0.25) is 0 Å². The molecule has 2 N–H and O–H groups in total. The molecule has 37 heavy (non-hydrogen) atoms. The summed E-state index contributed by atoms with van der Waals surface area (Å²) in [5, 5.41) is 5.81. The molecule has 0 radical (unpaired) electrons. The average molecular weight is 505 g/mol. The summed E-state index contributed by atoms with van der Waals surface area (Å²) < 4.78 is 12.6. The molecule has 4 aliphatic rings. The first kappa shape index (κ1) is 23.9. The van der Waals surface area contributed by atoms with Crippen molar-refractivity contribution in [3.05, 3.63) is 63.9 Å². The first-order chi connectivity index (χ1) is 17.9. The third-order valence-electron chi connectivity index (χ3n) is 7.62. The fourth-order valence-corrected chi connectivity index (χ4v) is 5.29. The number of hydrogen-bond donors (Lipinski definition) is 2. The molecule has 1 unspecified atom stereocenters. The Morgan fingerprint density at radius 1 is 1.16 bits per heavy atom. The van der Waals surface area contributed by atoms with Gasteiger partial charge in [0.15, 0.2) is 0 Å². The lowest BCUT2D eigenvalue weighted by molar-refractivity contribution is 0.000140. The lowest BCUT2D eigenvalue weighted by Gasteiger charge is -2.38. The van der Waals surface area contributed by atoms with Crippen LogP contribution in [0.15, 0.2) is 46.9 Å². The number of aromatic nitrogens is 3. The molecule has 2 amide bonds. The second-order valence-corrected chi connectivity index (χ2v) is 10.4. The Kier molecular flexibility index (Phi) is 6.08. The number of rotatable bonds is 4. The standard InChI is InChI=1S/C27H32N6O4/c1-17-14-36-13-12-32(17)24-20-8-11-33-21(4-3-5-22(33)34)23(20)30-25(31-24)27(2)9-6-18(7-10-27)28-26(35)29-19-15-37-16-19/h3-7,9,17,19H,8,10-16H2,1-2H3,(H2,28,29,35)/t17-,27?/m0/s1. The molecule has 0 spiro atoms. The van der Waals surface area contributed by atoms with E-state index in [-0.39, 0.29) is 23.7 Å². The minimum Gasteiger partial charge on any atom is -0.377 e. The number of amides is 2. The van der Waals surface area contributed by atoms with E-state index in [1.165, 1.54) is 0 Å². The number of fused-ring (bicyclic) bond motifs is 3. The lowest BCUT2D eigenvalue weighted by atomic mass is 9.81. The molecule has 5 heterocycles. The van der Waals surface area contributed by atoms with Crippen LogP contribution in [0.4, 0.5) is 10.6 Å². The van der Waals surface area contributed by atoms with Crippen LogP contribution in [0.1, 0.15) is 31.7 Å². The fourth-order valence-electron chi connectivity index (χ4n) is 5.29. The average Bonchev–Trinajstić information content (AvgIpc) is 2.87. The van der Waals surface area contributed by atoms with Crippen molar-refractivity contribution in [1.29, 1.82) is 0 Å². The van der Waals surface area contributed by atoms with E-state index in [0.29, 0.717) is 51.6 Å². The van der Waals surface area contributed by atoms with Crippen LogP contribution >= 0.6 is 0 Å². The molecule has 2 fully saturated rings. The van der Waals surface area contributed by atoms with Gasteiger partial charge in [0.25, 0.3) is 5.56 Å². The highest BCUT2D eigenvalue weighted by Crippen LogP contribution is 2.38. The number of allylic oxidation sites excluding steroid dienone is 3. The molecule has 10 heteroatoms. The van der Waals surface area contributed by atoms with Crippen molar-refractivity contribution < 1.29 is 14.3 Å². The minimum absolute atomic E-state index is 0.0150. The summed E-state index contributed by atoms with van der Waals surface area (Å²) in [6.07, 6.45) is 7.32. The van der Waals surface area contributed by atoms with Gasteiger partial charge >= 0.3 is 6.03 Å². The Morgan fingerprint density at radius 3 is 2.76 bits per heavy atom. The largest absolute Gasteiger partial charge is 0.377 e. The number of nitrogens with zero attached hydrogens (tertiary/aromatic N) is 4. The van der Waals surface area contributed by atoms with Gasteiger partial charge in [0.1, 0.15) is 11.6 Å². The number of nitrogens with one attached hydrogen (secondary N) is 2. The Morgan fingerprint density at radius 2 is 2.03 bits per heavy atom. The van der Waals surface area contributed by atoms with Crippen molar-refractivity contribution in [3.63, 3.8) is 0 Å². The first-order valence-electron chi connectivity index (χ1n) is 12.9. The number of anilines is 1. The molecule has 194 valence electrons. The van der Waals surface area contributed by atoms with Gasteiger partial charge in [0.05, 0.1) is 49.9 Å². The monoisotopic (exact) mass is 504 g/mol. The maximum absolute atomic E-state index is 12.6. The van der Waals surface area contributed by atoms with E-state index in [1.54, 1.807) is 16.7 Å². The van der Waals surface area contributed by atoms with Crippen LogP contribution in [0.5, 0.6) is 0 Å². The van der Waals surface area contributed by atoms with Crippen molar-refractivity contribution in [2.24, 2.45) is 0 Å². The van der Waals surface area contributed by atoms with Gasteiger partial charge in [-0.2, -0.15) is 0 Å². The molecule has 10 nitrogen and oxygen atoms in total. The third-order valence-corrected chi connectivity index (χ3v) is 7.62. The van der Waals surface area contributed by atoms with Crippen LogP contribution in [-0.2, 0) is 27.9 Å². The predicted octanol–water partition coefficient (Wildman–Crippen LogP) is 1.89. The van der Waals surface area contributed by atoms with E-state index in [2.05, 4.69) is 35.5 Å². The Bertz CT molecular complexity index is 1350. The SMILES string of the molecule is C[C@H]1COCCN1c1nc(C2(C)C=CC(NC(=O)NC3COC3)=CC2)nc2c1CCn1c-2cccc1=O. The van der Waals surface area contributed by atoms with Crippen LogP contribution in [0, 0.1) is 0 Å². The smallest absolute Gasteiger partial charge is 0.319 e. The number of pyridine rings is 1. The zero-order valence-electron chi connectivity index (χ0n) is 21.2. The van der Waals surface area contributed by atoms with Gasteiger partial charge in [-0.15, -0.1) is 0 Å². The summed E-state index contributed by atoms with van der Waals surface area (Å²) in [6.45, 7) is 8.03. The van der Waals surface area contributed by atoms with Crippen molar-refractivity contribution in [3.8, 4) is 11.4 Å². The molecule has 2 saturated heterocycles. The second kappa shape index (κ2) is 9.42. The van der Waals surface area contributed by atoms with Gasteiger partial charge in [0, 0.05) is 35.8 Å². The number of carbonyl (C=O) groups excluding carboxylic acids is 1. The molecular weight excluding hydrogens is 472 g/mol. The summed E-state index contributed by atoms with van der Waals surface area (Å²) in [5.41, 5.74) is 3.00. The van der Waals surface area contributed by atoms with E-state index in [1.807, 2.05) is 18.2 Å². The van der Waals surface area contributed by atoms with Crippen LogP contribution in [0.25, 0.3) is 11.4 Å². The van der Waals surface area contributed by atoms with E-state index < -0.39 is 5.41 Å². The maximum atomic E-state index is 12.6. The van der Waals surface area contributed by atoms with Gasteiger partial charge in [-0.3, -0.25) is 4.79 Å². The molecule has 2 aromatic heterocycles. The van der Waals surface area contributed by atoms with Gasteiger partial charge < -0.3 is 29.6 Å². The molecule has 1 aliphatic carbocycles. The van der Waals surface area contributed by atoms with Crippen LogP contribution in [0.2, 0.25) is 0 Å². The lowest BCUT2D eigenvalue weighted by Crippen LogP contribution is -2.51. The van der Waals surface area contributed by atoms with Gasteiger partial charge in [-0.25, -0.2) is 14.8 Å². The van der Waals surface area contributed by atoms with Crippen molar-refractivity contribution in [2.45, 2.75) is 50.7 Å². The zero-order valence-corrected chi connectivity index (χ0v) is 21.2. The molecule has 0 bridgehead atoms. The first-order valence-corrected chi connectivity index (χ1v) is 12.9. The second-order valence-electron chi connectivity index (χ2n) is 10.4. The maximum Gasteiger partial charge on any atom is 0.319 e. The summed E-state index contributed by atoms with van der Waals surface area (Å²) in [4.78, 5) is 37.5. The summed E-state index contributed by atoms with van der Waals surface area (Å²) >= 11 is 0. The quantitative estimate of drug-likeness (QED) is 0.654. The van der Waals surface area contributed by atoms with E-state index >= 15 is 0 Å². The van der Waals surface area contributed by atoms with E-state index in [9.17, 15) is 9.59 Å². The predicted molar refractivity (Wildman–Crippen MR) is 139 cm³/mol. The van der Waals surface area contributed by atoms with Crippen molar-refractivity contribution in [1.82, 2.24) is 25.2 Å². The molecule has 3 aliphatic heterocycles. The molecule has 0 saturated carbocycles. The molecule has 6 rings (SSSR count). The Hall–Kier alpha value is -3.50. The highest BCUT2D eigenvalue weighted by atomic mass is 16.5. The number of ether oxygens (including phenoxy) is 2. The highest BCUT2D eigenvalue weighted by Gasteiger charge is 2.35. The normalized spacial score (nSPS) is 25.0. The highest BCUT2D eigenvalue weighted by molar-refractivity contribution is 5.77. The fraction of sp³-hybridized carbons (Fsp3) is 0.481. The summed E-state index contributed by atoms with van der Waals surface area (Å²) in [7, 11) is 0.